The van der Waals surface area contributed by atoms with Crippen molar-refractivity contribution in [3.8, 4) is 11.5 Å². The number of nitro benzene ring substituents is 1. The summed E-state index contributed by atoms with van der Waals surface area (Å²) >= 11 is 6.15. The number of rotatable bonds is 8. The molecule has 0 heterocycles. The van der Waals surface area contributed by atoms with E-state index >= 15 is 0 Å². The van der Waals surface area contributed by atoms with E-state index in [1.165, 1.54) is 12.1 Å². The van der Waals surface area contributed by atoms with Crippen LogP contribution in [0.2, 0.25) is 5.02 Å². The molecule has 0 spiro atoms. The van der Waals surface area contributed by atoms with Crippen LogP contribution in [0.25, 0.3) is 0 Å². The Morgan fingerprint density at radius 1 is 1.10 bits per heavy atom. The zero-order valence-corrected chi connectivity index (χ0v) is 16.3. The maximum Gasteiger partial charge on any atom is 0.269 e. The molecule has 0 aromatic heterocycles. The first-order valence-electron chi connectivity index (χ1n) is 8.64. The summed E-state index contributed by atoms with van der Waals surface area (Å²) in [5.41, 5.74) is 5.16. The fourth-order valence-electron chi connectivity index (χ4n) is 2.49. The second kappa shape index (κ2) is 9.57. The second-order valence-electron chi connectivity index (χ2n) is 5.96. The van der Waals surface area contributed by atoms with Crippen molar-refractivity contribution >= 4 is 29.2 Å². The van der Waals surface area contributed by atoms with Crippen LogP contribution >= 0.6 is 11.6 Å². The van der Waals surface area contributed by atoms with Crippen molar-refractivity contribution in [1.29, 1.82) is 0 Å². The average Bonchev–Trinajstić information content (AvgIpc) is 2.74. The normalized spacial score (nSPS) is 10.7. The minimum atomic E-state index is -0.450. The molecule has 0 saturated carbocycles. The van der Waals surface area contributed by atoms with Crippen LogP contribution < -0.4 is 14.9 Å². The first kappa shape index (κ1) is 20.2. The molecule has 0 unspecified atom stereocenters. The predicted molar refractivity (Wildman–Crippen MR) is 113 cm³/mol. The number of hydrogen-bond donors (Lipinski definition) is 1. The van der Waals surface area contributed by atoms with E-state index < -0.39 is 4.92 Å². The van der Waals surface area contributed by atoms with Crippen LogP contribution in [0, 0.1) is 10.1 Å². The standard InChI is InChI=1S/C21H18ClN3O4/c1-28-21-12-15(13-23-24-17-7-9-18(10-8-17)25(26)27)6-11-20(21)29-14-16-4-2-3-5-19(16)22/h2-13,24H,14H2,1H3/b23-13+. The van der Waals surface area contributed by atoms with Gasteiger partial charge in [0.2, 0.25) is 0 Å². The lowest BCUT2D eigenvalue weighted by atomic mass is 10.2. The van der Waals surface area contributed by atoms with Gasteiger partial charge in [0.15, 0.2) is 11.5 Å². The number of anilines is 1. The van der Waals surface area contributed by atoms with Crippen LogP contribution in [0.5, 0.6) is 11.5 Å². The molecule has 8 heteroatoms. The van der Waals surface area contributed by atoms with Gasteiger partial charge in [-0.3, -0.25) is 15.5 Å². The van der Waals surface area contributed by atoms with Crippen molar-refractivity contribution in [3.05, 3.63) is 93.0 Å². The summed E-state index contributed by atoms with van der Waals surface area (Å²) in [6.45, 7) is 0.325. The summed E-state index contributed by atoms with van der Waals surface area (Å²) in [7, 11) is 1.56. The van der Waals surface area contributed by atoms with E-state index in [1.54, 1.807) is 37.6 Å². The van der Waals surface area contributed by atoms with Crippen LogP contribution in [0.3, 0.4) is 0 Å². The van der Waals surface area contributed by atoms with Gasteiger partial charge in [-0.15, -0.1) is 0 Å². The number of ether oxygens (including phenoxy) is 2. The van der Waals surface area contributed by atoms with Crippen molar-refractivity contribution in [2.75, 3.05) is 12.5 Å². The van der Waals surface area contributed by atoms with E-state index in [2.05, 4.69) is 10.5 Å². The molecule has 3 aromatic rings. The van der Waals surface area contributed by atoms with Gasteiger partial charge in [0, 0.05) is 22.7 Å². The van der Waals surface area contributed by atoms with Gasteiger partial charge in [0.1, 0.15) is 6.61 Å². The third-order valence-electron chi connectivity index (χ3n) is 4.01. The largest absolute Gasteiger partial charge is 0.493 e. The Morgan fingerprint density at radius 3 is 2.55 bits per heavy atom. The Bertz CT molecular complexity index is 1020. The summed E-state index contributed by atoms with van der Waals surface area (Å²) in [4.78, 5) is 10.2. The summed E-state index contributed by atoms with van der Waals surface area (Å²) in [6.07, 6.45) is 1.61. The molecule has 1 N–H and O–H groups in total. The number of methoxy groups -OCH3 is 1. The van der Waals surface area contributed by atoms with E-state index in [-0.39, 0.29) is 5.69 Å². The zero-order chi connectivity index (χ0) is 20.6. The summed E-state index contributed by atoms with van der Waals surface area (Å²) in [6, 6.07) is 18.9. The first-order valence-corrected chi connectivity index (χ1v) is 9.02. The minimum Gasteiger partial charge on any atom is -0.493 e. The molecule has 7 nitrogen and oxygen atoms in total. The Labute approximate surface area is 172 Å². The van der Waals surface area contributed by atoms with E-state index in [1.807, 2.05) is 30.3 Å². The van der Waals surface area contributed by atoms with Gasteiger partial charge < -0.3 is 9.47 Å². The highest BCUT2D eigenvalue weighted by atomic mass is 35.5. The minimum absolute atomic E-state index is 0.0247. The van der Waals surface area contributed by atoms with E-state index in [4.69, 9.17) is 21.1 Å². The molecule has 0 saturated heterocycles. The van der Waals surface area contributed by atoms with Gasteiger partial charge >= 0.3 is 0 Å². The van der Waals surface area contributed by atoms with Gasteiger partial charge in [0.05, 0.1) is 23.9 Å². The topological polar surface area (TPSA) is 86.0 Å². The number of benzene rings is 3. The molecule has 0 bridgehead atoms. The van der Waals surface area contributed by atoms with E-state index in [0.717, 1.165) is 11.1 Å². The number of halogens is 1. The molecule has 148 valence electrons. The van der Waals surface area contributed by atoms with Crippen LogP contribution in [0.15, 0.2) is 71.8 Å². The summed E-state index contributed by atoms with van der Waals surface area (Å²) < 4.78 is 11.2. The quantitative estimate of drug-likeness (QED) is 0.309. The zero-order valence-electron chi connectivity index (χ0n) is 15.5. The van der Waals surface area contributed by atoms with E-state index in [9.17, 15) is 10.1 Å². The molecule has 3 aromatic carbocycles. The number of nitrogens with zero attached hydrogens (tertiary/aromatic N) is 2. The summed E-state index contributed by atoms with van der Waals surface area (Å²) in [5, 5.41) is 15.5. The number of nitrogens with one attached hydrogen (secondary N) is 1. The molecule has 29 heavy (non-hydrogen) atoms. The molecule has 0 aliphatic heterocycles. The fourth-order valence-corrected chi connectivity index (χ4v) is 2.68. The lowest BCUT2D eigenvalue weighted by Crippen LogP contribution is -1.99. The average molecular weight is 412 g/mol. The SMILES string of the molecule is COc1cc(/C=N/Nc2ccc([N+](=O)[O-])cc2)ccc1OCc1ccccc1Cl. The molecular formula is C21H18ClN3O4. The first-order chi connectivity index (χ1) is 14.1. The highest BCUT2D eigenvalue weighted by Gasteiger charge is 2.07. The molecule has 0 aliphatic carbocycles. The highest BCUT2D eigenvalue weighted by molar-refractivity contribution is 6.31. The Kier molecular flexibility index (Phi) is 6.65. The maximum absolute atomic E-state index is 10.7. The smallest absolute Gasteiger partial charge is 0.269 e. The van der Waals surface area contributed by atoms with Crippen LogP contribution in [0.4, 0.5) is 11.4 Å². The van der Waals surface area contributed by atoms with Crippen molar-refractivity contribution in [2.45, 2.75) is 6.61 Å². The molecule has 0 aliphatic rings. The third-order valence-corrected chi connectivity index (χ3v) is 4.38. The molecule has 3 rings (SSSR count). The molecule has 0 radical (unpaired) electrons. The van der Waals surface area contributed by atoms with Crippen molar-refractivity contribution in [2.24, 2.45) is 5.10 Å². The molecule has 0 amide bonds. The highest BCUT2D eigenvalue weighted by Crippen LogP contribution is 2.29. The van der Waals surface area contributed by atoms with Gasteiger partial charge in [-0.1, -0.05) is 29.8 Å². The van der Waals surface area contributed by atoms with E-state index in [0.29, 0.717) is 28.8 Å². The number of nitro groups is 1. The summed E-state index contributed by atoms with van der Waals surface area (Å²) in [5.74, 6) is 1.16. The van der Waals surface area contributed by atoms with Crippen LogP contribution in [-0.4, -0.2) is 18.2 Å². The lowest BCUT2D eigenvalue weighted by molar-refractivity contribution is -0.384. The Morgan fingerprint density at radius 2 is 1.86 bits per heavy atom. The van der Waals surface area contributed by atoms with Crippen molar-refractivity contribution < 1.29 is 14.4 Å². The van der Waals surface area contributed by atoms with Crippen LogP contribution in [-0.2, 0) is 6.61 Å². The fraction of sp³-hybridized carbons (Fsp3) is 0.0952. The van der Waals surface area contributed by atoms with Gasteiger partial charge in [-0.25, -0.2) is 0 Å². The van der Waals surface area contributed by atoms with Gasteiger partial charge in [-0.2, -0.15) is 5.10 Å². The third kappa shape index (κ3) is 5.46. The molecular weight excluding hydrogens is 394 g/mol. The Balaban J connectivity index is 1.64. The number of hydrazone groups is 1. The van der Waals surface area contributed by atoms with Gasteiger partial charge in [-0.05, 0) is 42.0 Å². The van der Waals surface area contributed by atoms with Crippen molar-refractivity contribution in [3.63, 3.8) is 0 Å². The number of hydrogen-bond acceptors (Lipinski definition) is 6. The van der Waals surface area contributed by atoms with Crippen molar-refractivity contribution in [1.82, 2.24) is 0 Å². The monoisotopic (exact) mass is 411 g/mol. The predicted octanol–water partition coefficient (Wildman–Crippen LogP) is 5.28. The Hall–Kier alpha value is -3.58. The number of non-ortho nitro benzene ring substituents is 1. The van der Waals surface area contributed by atoms with Crippen LogP contribution in [0.1, 0.15) is 11.1 Å². The molecule has 0 atom stereocenters. The second-order valence-corrected chi connectivity index (χ2v) is 6.37. The lowest BCUT2D eigenvalue weighted by Gasteiger charge is -2.12. The molecule has 0 fully saturated rings. The van der Waals surface area contributed by atoms with Gasteiger partial charge in [0.25, 0.3) is 5.69 Å². The maximum atomic E-state index is 10.7.